The second-order valence-electron chi connectivity index (χ2n) is 7.26. The first kappa shape index (κ1) is 23.0. The van der Waals surface area contributed by atoms with E-state index in [0.717, 1.165) is 15.2 Å². The van der Waals surface area contributed by atoms with E-state index in [4.69, 9.17) is 9.47 Å². The van der Waals surface area contributed by atoms with Gasteiger partial charge in [0.1, 0.15) is 17.5 Å². The van der Waals surface area contributed by atoms with Crippen LogP contribution in [0.2, 0.25) is 0 Å². The number of hydrogen-bond acceptors (Lipinski definition) is 7. The Morgan fingerprint density at radius 2 is 1.84 bits per heavy atom. The van der Waals surface area contributed by atoms with Gasteiger partial charge in [0.15, 0.2) is 0 Å². The summed E-state index contributed by atoms with van der Waals surface area (Å²) < 4.78 is 39.8. The van der Waals surface area contributed by atoms with Gasteiger partial charge in [-0.3, -0.25) is 4.79 Å². The SMILES string of the molecule is COc1ccc(NC(=O)C(NS(=O)(=O)c2ccc3nc(C)sc3c2)C(C)C)c(OC)c1. The van der Waals surface area contributed by atoms with Gasteiger partial charge in [0.2, 0.25) is 15.9 Å². The molecule has 3 aromatic rings. The van der Waals surface area contributed by atoms with Gasteiger partial charge >= 0.3 is 0 Å². The molecular weight excluding hydrogens is 438 g/mol. The normalized spacial score (nSPS) is 12.7. The fourth-order valence-corrected chi connectivity index (χ4v) is 5.34. The van der Waals surface area contributed by atoms with Crippen LogP contribution >= 0.6 is 11.3 Å². The lowest BCUT2D eigenvalue weighted by atomic mass is 10.0. The molecule has 1 amide bonds. The van der Waals surface area contributed by atoms with E-state index in [1.54, 1.807) is 44.2 Å². The molecule has 0 spiro atoms. The molecule has 0 saturated heterocycles. The van der Waals surface area contributed by atoms with Crippen LogP contribution in [0.5, 0.6) is 11.5 Å². The number of nitrogens with one attached hydrogen (secondary N) is 2. The number of thiazole rings is 1. The molecule has 2 aromatic carbocycles. The fourth-order valence-electron chi connectivity index (χ4n) is 3.03. The minimum absolute atomic E-state index is 0.0872. The van der Waals surface area contributed by atoms with Gasteiger partial charge < -0.3 is 14.8 Å². The highest BCUT2D eigenvalue weighted by molar-refractivity contribution is 7.89. The van der Waals surface area contributed by atoms with E-state index in [9.17, 15) is 13.2 Å². The van der Waals surface area contributed by atoms with Gasteiger partial charge in [-0.25, -0.2) is 13.4 Å². The summed E-state index contributed by atoms with van der Waals surface area (Å²) in [5.41, 5.74) is 1.16. The molecule has 166 valence electrons. The molecular formula is C21H25N3O5S2. The van der Waals surface area contributed by atoms with E-state index in [2.05, 4.69) is 15.0 Å². The molecule has 0 fully saturated rings. The fraction of sp³-hybridized carbons (Fsp3) is 0.333. The van der Waals surface area contributed by atoms with Gasteiger partial charge in [0.05, 0.1) is 40.0 Å². The Kier molecular flexibility index (Phi) is 6.83. The molecule has 1 atom stereocenters. The van der Waals surface area contributed by atoms with E-state index in [1.807, 2.05) is 6.92 Å². The largest absolute Gasteiger partial charge is 0.497 e. The zero-order valence-electron chi connectivity index (χ0n) is 17.9. The number of hydrogen-bond donors (Lipinski definition) is 2. The van der Waals surface area contributed by atoms with E-state index in [-0.39, 0.29) is 10.8 Å². The number of benzene rings is 2. The first-order valence-electron chi connectivity index (χ1n) is 9.57. The summed E-state index contributed by atoms with van der Waals surface area (Å²) in [6.07, 6.45) is 0. The first-order valence-corrected chi connectivity index (χ1v) is 11.9. The number of ether oxygens (including phenoxy) is 2. The molecule has 2 N–H and O–H groups in total. The molecule has 0 aliphatic rings. The standard InChI is InChI=1S/C21H25N3O5S2/c1-12(2)20(21(25)23-16-8-6-14(28-4)10-18(16)29-5)24-31(26,27)15-7-9-17-19(11-15)30-13(3)22-17/h6-12,20,24H,1-5H3,(H,23,25). The maximum Gasteiger partial charge on any atom is 0.242 e. The van der Waals surface area contributed by atoms with Crippen molar-refractivity contribution in [3.8, 4) is 11.5 Å². The molecule has 0 aliphatic heterocycles. The predicted octanol–water partition coefficient (Wildman–Crippen LogP) is 3.56. The lowest BCUT2D eigenvalue weighted by molar-refractivity contribution is -0.118. The van der Waals surface area contributed by atoms with Crippen LogP contribution in [0, 0.1) is 12.8 Å². The molecule has 0 saturated carbocycles. The number of amides is 1. The summed E-state index contributed by atoms with van der Waals surface area (Å²) in [4.78, 5) is 17.4. The minimum Gasteiger partial charge on any atom is -0.497 e. The van der Waals surface area contributed by atoms with Crippen molar-refractivity contribution in [1.82, 2.24) is 9.71 Å². The lowest BCUT2D eigenvalue weighted by Gasteiger charge is -2.22. The van der Waals surface area contributed by atoms with E-state index in [0.29, 0.717) is 17.2 Å². The maximum atomic E-state index is 13.0. The Balaban J connectivity index is 1.84. The summed E-state index contributed by atoms with van der Waals surface area (Å²) >= 11 is 1.42. The monoisotopic (exact) mass is 463 g/mol. The Labute approximate surface area is 185 Å². The third-order valence-corrected chi connectivity index (χ3v) is 7.05. The van der Waals surface area contributed by atoms with Crippen molar-refractivity contribution in [3.05, 3.63) is 41.4 Å². The number of rotatable bonds is 8. The quantitative estimate of drug-likeness (QED) is 0.529. The van der Waals surface area contributed by atoms with Crippen LogP contribution in [0.3, 0.4) is 0 Å². The first-order chi connectivity index (χ1) is 14.6. The van der Waals surface area contributed by atoms with E-state index in [1.165, 1.54) is 31.6 Å². The number of sulfonamides is 1. The number of fused-ring (bicyclic) bond motifs is 1. The minimum atomic E-state index is -3.93. The van der Waals surface area contributed by atoms with Crippen LogP contribution in [0.4, 0.5) is 5.69 Å². The van der Waals surface area contributed by atoms with Crippen LogP contribution in [0.1, 0.15) is 18.9 Å². The Bertz CT molecular complexity index is 1200. The van der Waals surface area contributed by atoms with Crippen molar-refractivity contribution >= 4 is 43.2 Å². The number of nitrogens with zero attached hydrogens (tertiary/aromatic N) is 1. The molecule has 1 unspecified atom stereocenters. The van der Waals surface area contributed by atoms with Gasteiger partial charge in [0, 0.05) is 6.07 Å². The number of carbonyl (C=O) groups is 1. The molecule has 0 radical (unpaired) electrons. The molecule has 8 nitrogen and oxygen atoms in total. The third-order valence-electron chi connectivity index (χ3n) is 4.67. The number of anilines is 1. The maximum absolute atomic E-state index is 13.0. The Morgan fingerprint density at radius 3 is 2.48 bits per heavy atom. The van der Waals surface area contributed by atoms with Crippen LogP contribution in [0.25, 0.3) is 10.2 Å². The summed E-state index contributed by atoms with van der Waals surface area (Å²) in [6, 6.07) is 8.70. The van der Waals surface area contributed by atoms with Crippen LogP contribution < -0.4 is 19.5 Å². The van der Waals surface area contributed by atoms with Crippen molar-refractivity contribution in [1.29, 1.82) is 0 Å². The number of aryl methyl sites for hydroxylation is 1. The average Bonchev–Trinajstić information content (AvgIpc) is 3.11. The van der Waals surface area contributed by atoms with Gasteiger partial charge in [-0.1, -0.05) is 13.8 Å². The molecule has 1 heterocycles. The summed E-state index contributed by atoms with van der Waals surface area (Å²) in [5.74, 6) is 0.193. The molecule has 0 bridgehead atoms. The predicted molar refractivity (Wildman–Crippen MR) is 121 cm³/mol. The van der Waals surface area contributed by atoms with Crippen LogP contribution in [-0.4, -0.2) is 39.6 Å². The highest BCUT2D eigenvalue weighted by Crippen LogP contribution is 2.30. The van der Waals surface area contributed by atoms with E-state index >= 15 is 0 Å². The van der Waals surface area contributed by atoms with Gasteiger partial charge in [-0.05, 0) is 43.2 Å². The summed E-state index contributed by atoms with van der Waals surface area (Å²) in [6.45, 7) is 5.41. The van der Waals surface area contributed by atoms with E-state index < -0.39 is 22.0 Å². The van der Waals surface area contributed by atoms with Crippen molar-refractivity contribution < 1.29 is 22.7 Å². The summed E-state index contributed by atoms with van der Waals surface area (Å²) in [5, 5.41) is 3.60. The van der Waals surface area contributed by atoms with Gasteiger partial charge in [-0.2, -0.15) is 4.72 Å². The molecule has 1 aromatic heterocycles. The number of aromatic nitrogens is 1. The Hall–Kier alpha value is -2.69. The average molecular weight is 464 g/mol. The number of methoxy groups -OCH3 is 2. The third kappa shape index (κ3) is 5.15. The second kappa shape index (κ2) is 9.21. The molecule has 3 rings (SSSR count). The second-order valence-corrected chi connectivity index (χ2v) is 10.2. The van der Waals surface area contributed by atoms with Crippen molar-refractivity contribution in [2.75, 3.05) is 19.5 Å². The smallest absolute Gasteiger partial charge is 0.242 e. The van der Waals surface area contributed by atoms with Crippen LogP contribution in [-0.2, 0) is 14.8 Å². The van der Waals surface area contributed by atoms with Crippen molar-refractivity contribution in [3.63, 3.8) is 0 Å². The number of carbonyl (C=O) groups excluding carboxylic acids is 1. The molecule has 31 heavy (non-hydrogen) atoms. The lowest BCUT2D eigenvalue weighted by Crippen LogP contribution is -2.47. The van der Waals surface area contributed by atoms with Gasteiger partial charge in [0.25, 0.3) is 0 Å². The molecule has 0 aliphatic carbocycles. The molecule has 10 heteroatoms. The summed E-state index contributed by atoms with van der Waals surface area (Å²) in [7, 11) is -0.928. The van der Waals surface area contributed by atoms with Crippen molar-refractivity contribution in [2.24, 2.45) is 5.92 Å². The van der Waals surface area contributed by atoms with Gasteiger partial charge in [-0.15, -0.1) is 11.3 Å². The zero-order valence-corrected chi connectivity index (χ0v) is 19.6. The zero-order chi connectivity index (χ0) is 22.8. The Morgan fingerprint density at radius 1 is 1.10 bits per heavy atom. The van der Waals surface area contributed by atoms with Crippen LogP contribution in [0.15, 0.2) is 41.3 Å². The topological polar surface area (TPSA) is 107 Å². The highest BCUT2D eigenvalue weighted by atomic mass is 32.2. The highest BCUT2D eigenvalue weighted by Gasteiger charge is 2.29. The van der Waals surface area contributed by atoms with Crippen molar-refractivity contribution in [2.45, 2.75) is 31.7 Å².